The van der Waals surface area contributed by atoms with Crippen LogP contribution in [0.2, 0.25) is 18.1 Å². The molecule has 4 aromatic rings. The molecule has 2 N–H and O–H groups in total. The van der Waals surface area contributed by atoms with E-state index in [9.17, 15) is 4.79 Å². The molecule has 0 bridgehead atoms. The first-order valence-corrected chi connectivity index (χ1v) is 16.9. The van der Waals surface area contributed by atoms with Crippen molar-refractivity contribution in [2.45, 2.75) is 84.2 Å². The Labute approximate surface area is 238 Å². The Kier molecular flexibility index (Phi) is 8.85. The van der Waals surface area contributed by atoms with E-state index in [1.54, 1.807) is 12.5 Å². The first-order chi connectivity index (χ1) is 18.9. The molecule has 2 aromatic carbocycles. The fraction of sp³-hybridized carbons (Fsp3) is 0.452. The minimum absolute atomic E-state index is 0.0491. The Hall–Kier alpha value is -3.43. The van der Waals surface area contributed by atoms with Crippen LogP contribution in [0.25, 0.3) is 22.6 Å². The molecule has 0 saturated heterocycles. The molecule has 4 rings (SSSR count). The van der Waals surface area contributed by atoms with Gasteiger partial charge in [-0.2, -0.15) is 0 Å². The average Bonchev–Trinajstić information content (AvgIpc) is 3.55. The number of oxazole rings is 1. The van der Waals surface area contributed by atoms with Crippen molar-refractivity contribution in [3.05, 3.63) is 66.2 Å². The van der Waals surface area contributed by atoms with E-state index in [1.807, 2.05) is 41.0 Å². The maximum absolute atomic E-state index is 11.8. The molecule has 2 heterocycles. The van der Waals surface area contributed by atoms with Crippen molar-refractivity contribution in [2.24, 2.45) is 5.73 Å². The molecule has 0 aliphatic carbocycles. The SMILES string of the molecule is CCCOc1ccc(-c2nc3c(CC[C@H]([C@H](C)O[Si](C)(C)C(C)(C)C)n4cnc(C(N)=O)c4)cccc3o2)cc1. The van der Waals surface area contributed by atoms with Crippen molar-refractivity contribution in [3.8, 4) is 17.2 Å². The molecule has 0 saturated carbocycles. The number of hydrogen-bond donors (Lipinski definition) is 1. The summed E-state index contributed by atoms with van der Waals surface area (Å²) in [4.78, 5) is 20.9. The topological polar surface area (TPSA) is 105 Å². The number of aromatic nitrogens is 3. The van der Waals surface area contributed by atoms with E-state index < -0.39 is 14.2 Å². The van der Waals surface area contributed by atoms with Gasteiger partial charge in [-0.3, -0.25) is 4.79 Å². The van der Waals surface area contributed by atoms with E-state index in [1.165, 1.54) is 0 Å². The predicted molar refractivity (Wildman–Crippen MR) is 161 cm³/mol. The van der Waals surface area contributed by atoms with Crippen molar-refractivity contribution in [2.75, 3.05) is 6.61 Å². The summed E-state index contributed by atoms with van der Waals surface area (Å²) in [6.45, 7) is 16.1. The van der Waals surface area contributed by atoms with Crippen molar-refractivity contribution < 1.29 is 18.4 Å². The second-order valence-corrected chi connectivity index (χ2v) is 16.7. The summed E-state index contributed by atoms with van der Waals surface area (Å²) >= 11 is 0. The molecule has 0 unspecified atom stereocenters. The van der Waals surface area contributed by atoms with Crippen LogP contribution in [0, 0.1) is 0 Å². The van der Waals surface area contributed by atoms with E-state index in [4.69, 9.17) is 24.3 Å². The number of amides is 1. The Balaban J connectivity index is 1.59. The minimum atomic E-state index is -2.04. The highest BCUT2D eigenvalue weighted by Crippen LogP contribution is 2.39. The van der Waals surface area contributed by atoms with Gasteiger partial charge in [0.2, 0.25) is 5.89 Å². The average molecular weight is 563 g/mol. The highest BCUT2D eigenvalue weighted by molar-refractivity contribution is 6.74. The molecule has 0 aliphatic heterocycles. The number of hydrogen-bond acceptors (Lipinski definition) is 6. The second kappa shape index (κ2) is 12.0. The lowest BCUT2D eigenvalue weighted by Gasteiger charge is -2.40. The van der Waals surface area contributed by atoms with E-state index in [0.29, 0.717) is 12.5 Å². The fourth-order valence-corrected chi connectivity index (χ4v) is 5.98. The van der Waals surface area contributed by atoms with Crippen LogP contribution in [0.5, 0.6) is 5.75 Å². The van der Waals surface area contributed by atoms with Crippen molar-refractivity contribution >= 4 is 25.3 Å². The molecule has 9 heteroatoms. The highest BCUT2D eigenvalue weighted by atomic mass is 28.4. The number of nitrogens with zero attached hydrogens (tertiary/aromatic N) is 3. The van der Waals surface area contributed by atoms with Gasteiger partial charge in [-0.05, 0) is 80.2 Å². The predicted octanol–water partition coefficient (Wildman–Crippen LogP) is 7.16. The lowest BCUT2D eigenvalue weighted by molar-refractivity contribution is 0.0995. The number of nitrogens with two attached hydrogens (primary N) is 1. The van der Waals surface area contributed by atoms with Crippen molar-refractivity contribution in [1.29, 1.82) is 0 Å². The van der Waals surface area contributed by atoms with Crippen LogP contribution in [0.4, 0.5) is 0 Å². The van der Waals surface area contributed by atoms with Gasteiger partial charge in [0, 0.05) is 11.8 Å². The summed E-state index contributed by atoms with van der Waals surface area (Å²) in [6, 6.07) is 13.8. The number of aryl methyl sites for hydroxylation is 1. The third-order valence-electron chi connectivity index (χ3n) is 7.85. The summed E-state index contributed by atoms with van der Waals surface area (Å²) in [6.07, 6.45) is 5.77. The van der Waals surface area contributed by atoms with Gasteiger partial charge in [0.15, 0.2) is 13.9 Å². The van der Waals surface area contributed by atoms with Crippen LogP contribution in [-0.4, -0.2) is 41.5 Å². The number of carbonyl (C=O) groups excluding carboxylic acids is 1. The smallest absolute Gasteiger partial charge is 0.268 e. The van der Waals surface area contributed by atoms with Gasteiger partial charge in [0.1, 0.15) is 17.0 Å². The molecule has 0 aliphatic rings. The van der Waals surface area contributed by atoms with Crippen LogP contribution in [0.1, 0.15) is 69.6 Å². The third-order valence-corrected chi connectivity index (χ3v) is 12.4. The van der Waals surface area contributed by atoms with Crippen LogP contribution < -0.4 is 10.5 Å². The Bertz CT molecular complexity index is 1440. The summed E-state index contributed by atoms with van der Waals surface area (Å²) in [5.74, 6) is 0.873. The summed E-state index contributed by atoms with van der Waals surface area (Å²) in [5.41, 5.74) is 9.35. The number of fused-ring (bicyclic) bond motifs is 1. The van der Waals surface area contributed by atoms with Crippen LogP contribution >= 0.6 is 0 Å². The first kappa shape index (κ1) is 29.5. The number of benzene rings is 2. The quantitative estimate of drug-likeness (QED) is 0.184. The van der Waals surface area contributed by atoms with Gasteiger partial charge < -0.3 is 23.9 Å². The van der Waals surface area contributed by atoms with E-state index in [2.05, 4.69) is 58.8 Å². The van der Waals surface area contributed by atoms with Crippen LogP contribution in [-0.2, 0) is 10.8 Å². The Morgan fingerprint density at radius 1 is 1.15 bits per heavy atom. The van der Waals surface area contributed by atoms with Gasteiger partial charge in [0.25, 0.3) is 5.91 Å². The minimum Gasteiger partial charge on any atom is -0.494 e. The van der Waals surface area contributed by atoms with E-state index in [-0.39, 0.29) is 22.9 Å². The molecular weight excluding hydrogens is 520 g/mol. The monoisotopic (exact) mass is 562 g/mol. The molecule has 40 heavy (non-hydrogen) atoms. The largest absolute Gasteiger partial charge is 0.494 e. The normalized spacial score (nSPS) is 13.9. The van der Waals surface area contributed by atoms with Crippen LogP contribution in [0.15, 0.2) is 59.4 Å². The molecule has 2 atom stereocenters. The zero-order chi connectivity index (χ0) is 29.1. The molecule has 1 amide bonds. The lowest BCUT2D eigenvalue weighted by Crippen LogP contribution is -2.45. The van der Waals surface area contributed by atoms with E-state index >= 15 is 0 Å². The number of primary amides is 1. The molecule has 214 valence electrons. The number of carbonyl (C=O) groups is 1. The van der Waals surface area contributed by atoms with Gasteiger partial charge in [-0.15, -0.1) is 0 Å². The molecule has 8 nitrogen and oxygen atoms in total. The lowest BCUT2D eigenvalue weighted by atomic mass is 10.0. The van der Waals surface area contributed by atoms with Crippen molar-refractivity contribution in [1.82, 2.24) is 14.5 Å². The van der Waals surface area contributed by atoms with Crippen LogP contribution in [0.3, 0.4) is 0 Å². The zero-order valence-corrected chi connectivity index (χ0v) is 25.7. The summed E-state index contributed by atoms with van der Waals surface area (Å²) in [7, 11) is -2.04. The van der Waals surface area contributed by atoms with Gasteiger partial charge in [-0.1, -0.05) is 39.8 Å². The molecule has 0 spiro atoms. The standard InChI is InChI=1S/C31H42N4O4Si/c1-8-18-37-24-15-12-23(13-16-24)30-34-28-22(10-9-11-27(28)38-30)14-17-26(35-19-25(29(32)36)33-20-35)21(2)39-40(6,7)31(3,4)5/h9-13,15-16,19-21,26H,8,14,17-18H2,1-7H3,(H2,32,36)/t21-,26+/m0/s1. The fourth-order valence-electron chi connectivity index (χ4n) is 4.54. The maximum atomic E-state index is 11.8. The maximum Gasteiger partial charge on any atom is 0.268 e. The Morgan fingerprint density at radius 2 is 1.88 bits per heavy atom. The summed E-state index contributed by atoms with van der Waals surface area (Å²) < 4.78 is 20.6. The second-order valence-electron chi connectivity index (χ2n) is 11.9. The number of ether oxygens (including phenoxy) is 1. The number of imidazole rings is 1. The zero-order valence-electron chi connectivity index (χ0n) is 24.7. The van der Waals surface area contributed by atoms with E-state index in [0.717, 1.165) is 47.2 Å². The molecule has 0 radical (unpaired) electrons. The summed E-state index contributed by atoms with van der Waals surface area (Å²) in [5, 5.41) is 0.0716. The van der Waals surface area contributed by atoms with Gasteiger partial charge >= 0.3 is 0 Å². The molecule has 0 fully saturated rings. The van der Waals surface area contributed by atoms with Gasteiger partial charge in [0.05, 0.1) is 25.1 Å². The number of para-hydroxylation sites is 1. The number of rotatable bonds is 12. The highest BCUT2D eigenvalue weighted by Gasteiger charge is 2.40. The first-order valence-electron chi connectivity index (χ1n) is 14.0. The Morgan fingerprint density at radius 3 is 2.50 bits per heavy atom. The van der Waals surface area contributed by atoms with Gasteiger partial charge in [-0.25, -0.2) is 9.97 Å². The van der Waals surface area contributed by atoms with Crippen molar-refractivity contribution in [3.63, 3.8) is 0 Å². The molecular formula is C31H42N4O4Si. The third kappa shape index (κ3) is 6.64. The molecule has 2 aromatic heterocycles.